The molecule has 0 radical (unpaired) electrons. The van der Waals surface area contributed by atoms with Crippen LogP contribution in [0.3, 0.4) is 0 Å². The van der Waals surface area contributed by atoms with Crippen molar-refractivity contribution < 1.29 is 55.5 Å². The van der Waals surface area contributed by atoms with Crippen molar-refractivity contribution in [3.63, 3.8) is 0 Å². The van der Waals surface area contributed by atoms with Crippen LogP contribution in [0.5, 0.6) is 17.2 Å². The second-order valence-electron chi connectivity index (χ2n) is 13.9. The predicted octanol–water partition coefficient (Wildman–Crippen LogP) is 7.23. The van der Waals surface area contributed by atoms with E-state index in [1.807, 2.05) is 0 Å². The van der Waals surface area contributed by atoms with Crippen LogP contribution in [-0.2, 0) is 38.5 Å². The Hall–Kier alpha value is -3.76. The monoisotopic (exact) mass is 800 g/mol. The lowest BCUT2D eigenvalue weighted by molar-refractivity contribution is -0.605. The first-order valence-corrected chi connectivity index (χ1v) is 18.7. The zero-order valence-corrected chi connectivity index (χ0v) is 31.6. The number of halogens is 4. The van der Waals surface area contributed by atoms with Gasteiger partial charge in [0.2, 0.25) is 11.3 Å². The number of carbonyl (C=O) groups excluding carboxylic acids is 2. The van der Waals surface area contributed by atoms with Gasteiger partial charge >= 0.3 is 18.6 Å². The molecule has 1 unspecified atom stereocenters. The van der Waals surface area contributed by atoms with E-state index in [-0.39, 0.29) is 63.9 Å². The van der Waals surface area contributed by atoms with Gasteiger partial charge in [-0.15, -0.1) is 0 Å². The lowest BCUT2D eigenvalue weighted by Crippen LogP contribution is -2.35. The Morgan fingerprint density at radius 3 is 2.17 bits per heavy atom. The zero-order chi connectivity index (χ0) is 38.4. The molecule has 288 valence electrons. The van der Waals surface area contributed by atoms with Gasteiger partial charge in [0.1, 0.15) is 34.0 Å². The van der Waals surface area contributed by atoms with Crippen LogP contribution < -0.4 is 18.9 Å². The number of hydrogen-bond acceptors (Lipinski definition) is 9. The Kier molecular flexibility index (Phi) is 13.4. The van der Waals surface area contributed by atoms with Crippen molar-refractivity contribution >= 4 is 46.4 Å². The standard InChI is InChI=1S/C36H40Cl2F2N2O10S/c1-36(2,3)52-33(43)18-42(53(46)47)15-25-9-8-24(13-30(25)48-19-21-4-5-21)34(44)50-31(14-26-27(37)16-41(45)17-28(26)38)23-10-11-29(51-35(39)40)32(12-23)49-20-22-6-7-22/h8-13,16-17,21-22,31,35H,4-7,14-15,18-20H2,1-3H3,(H,46,47)/t31-/m0/s1. The SMILES string of the molecule is CC(C)(C)OC(=O)CN(Cc1ccc(C(=O)O[C@@H](Cc2c(Cl)c[n+]([O-])cc2Cl)c2ccc(OC(F)F)c(OCC3CC3)c2)cc1OCC1CC1)S(=O)O. The Bertz CT molecular complexity index is 1800. The Labute approximate surface area is 318 Å². The summed E-state index contributed by atoms with van der Waals surface area (Å²) in [4.78, 5) is 26.4. The number of carbonyl (C=O) groups is 2. The van der Waals surface area contributed by atoms with E-state index >= 15 is 0 Å². The zero-order valence-electron chi connectivity index (χ0n) is 29.2. The molecule has 17 heteroatoms. The summed E-state index contributed by atoms with van der Waals surface area (Å²) in [6.07, 6.45) is 4.77. The van der Waals surface area contributed by atoms with Crippen LogP contribution in [0.1, 0.15) is 79.6 Å². The second kappa shape index (κ2) is 17.6. The highest BCUT2D eigenvalue weighted by Crippen LogP contribution is 2.38. The van der Waals surface area contributed by atoms with Gasteiger partial charge in [-0.1, -0.05) is 35.3 Å². The fourth-order valence-corrected chi connectivity index (χ4v) is 6.24. The average Bonchev–Trinajstić information content (AvgIpc) is 3.99. The van der Waals surface area contributed by atoms with Gasteiger partial charge in [-0.05, 0) is 88.1 Å². The third-order valence-electron chi connectivity index (χ3n) is 8.19. The molecular formula is C36H40Cl2F2N2O10S. The van der Waals surface area contributed by atoms with E-state index in [1.54, 1.807) is 20.8 Å². The number of benzene rings is 2. The van der Waals surface area contributed by atoms with E-state index in [4.69, 9.17) is 42.1 Å². The van der Waals surface area contributed by atoms with Crippen molar-refractivity contribution in [2.75, 3.05) is 19.8 Å². The summed E-state index contributed by atoms with van der Waals surface area (Å²) >= 11 is 10.2. The second-order valence-corrected chi connectivity index (χ2v) is 15.7. The minimum Gasteiger partial charge on any atom is -0.619 e. The van der Waals surface area contributed by atoms with Crippen molar-refractivity contribution in [2.24, 2.45) is 11.8 Å². The van der Waals surface area contributed by atoms with Crippen molar-refractivity contribution in [2.45, 2.75) is 77.7 Å². The van der Waals surface area contributed by atoms with Crippen LogP contribution in [0.2, 0.25) is 10.0 Å². The molecule has 2 atom stereocenters. The fourth-order valence-electron chi connectivity index (χ4n) is 5.17. The number of ether oxygens (including phenoxy) is 5. The highest BCUT2D eigenvalue weighted by molar-refractivity contribution is 7.76. The van der Waals surface area contributed by atoms with Crippen LogP contribution >= 0.6 is 23.2 Å². The lowest BCUT2D eigenvalue weighted by Gasteiger charge is -2.23. The molecule has 2 aromatic carbocycles. The summed E-state index contributed by atoms with van der Waals surface area (Å²) < 4.78 is 78.1. The number of rotatable bonds is 18. The molecule has 1 aromatic heterocycles. The van der Waals surface area contributed by atoms with Gasteiger partial charge in [0, 0.05) is 24.1 Å². The van der Waals surface area contributed by atoms with Gasteiger partial charge in [0.05, 0.1) is 18.8 Å². The van der Waals surface area contributed by atoms with E-state index in [0.29, 0.717) is 28.4 Å². The van der Waals surface area contributed by atoms with Gasteiger partial charge in [-0.3, -0.25) is 9.35 Å². The fraction of sp³-hybridized carbons (Fsp3) is 0.472. The summed E-state index contributed by atoms with van der Waals surface area (Å²) in [7, 11) is 0. The molecule has 0 bridgehead atoms. The normalized spacial score (nSPS) is 15.6. The molecule has 2 fully saturated rings. The van der Waals surface area contributed by atoms with E-state index < -0.39 is 48.1 Å². The van der Waals surface area contributed by atoms with E-state index in [2.05, 4.69) is 4.74 Å². The van der Waals surface area contributed by atoms with Gasteiger partial charge in [0.15, 0.2) is 23.9 Å². The van der Waals surface area contributed by atoms with Crippen LogP contribution in [0.4, 0.5) is 8.78 Å². The molecule has 2 aliphatic carbocycles. The number of aromatic nitrogens is 1. The molecule has 5 rings (SSSR count). The number of hydrogen-bond donors (Lipinski definition) is 1. The quantitative estimate of drug-likeness (QED) is 0.0605. The van der Waals surface area contributed by atoms with Gasteiger partial charge in [0.25, 0.3) is 0 Å². The molecular weight excluding hydrogens is 761 g/mol. The third-order valence-corrected chi connectivity index (χ3v) is 9.54. The summed E-state index contributed by atoms with van der Waals surface area (Å²) in [5.41, 5.74) is 0.295. The topological polar surface area (TPSA) is 148 Å². The Morgan fingerprint density at radius 2 is 1.60 bits per heavy atom. The van der Waals surface area contributed by atoms with Crippen LogP contribution in [-0.4, -0.2) is 57.0 Å². The molecule has 0 saturated heterocycles. The van der Waals surface area contributed by atoms with E-state index in [0.717, 1.165) is 42.4 Å². The molecule has 0 amide bonds. The molecule has 1 heterocycles. The summed E-state index contributed by atoms with van der Waals surface area (Å²) in [5.74, 6) is -0.857. The minimum atomic E-state index is -3.11. The first kappa shape index (κ1) is 40.4. The number of esters is 2. The maximum absolute atomic E-state index is 13.9. The molecule has 53 heavy (non-hydrogen) atoms. The Balaban J connectivity index is 1.45. The summed E-state index contributed by atoms with van der Waals surface area (Å²) in [5, 5.41) is 12.0. The summed E-state index contributed by atoms with van der Waals surface area (Å²) in [6.45, 7) is 1.87. The maximum atomic E-state index is 13.9. The van der Waals surface area contributed by atoms with Gasteiger partial charge in [-0.25, -0.2) is 9.00 Å². The van der Waals surface area contributed by atoms with Crippen LogP contribution in [0.15, 0.2) is 48.8 Å². The van der Waals surface area contributed by atoms with Crippen molar-refractivity contribution in [3.05, 3.63) is 86.3 Å². The number of nitrogens with zero attached hydrogens (tertiary/aromatic N) is 2. The largest absolute Gasteiger partial charge is 0.619 e. The van der Waals surface area contributed by atoms with E-state index in [9.17, 15) is 32.3 Å². The van der Waals surface area contributed by atoms with Crippen molar-refractivity contribution in [3.8, 4) is 17.2 Å². The molecule has 12 nitrogen and oxygen atoms in total. The number of alkyl halides is 2. The van der Waals surface area contributed by atoms with Gasteiger partial charge < -0.3 is 28.9 Å². The molecule has 2 saturated carbocycles. The molecule has 1 N–H and O–H groups in total. The van der Waals surface area contributed by atoms with Crippen LogP contribution in [0.25, 0.3) is 0 Å². The highest BCUT2D eigenvalue weighted by Gasteiger charge is 2.29. The number of pyridine rings is 1. The lowest BCUT2D eigenvalue weighted by atomic mass is 10.0. The molecule has 3 aromatic rings. The Morgan fingerprint density at radius 1 is 0.981 bits per heavy atom. The highest BCUT2D eigenvalue weighted by atomic mass is 35.5. The smallest absolute Gasteiger partial charge is 0.387 e. The average molecular weight is 802 g/mol. The molecule has 0 aliphatic heterocycles. The summed E-state index contributed by atoms with van der Waals surface area (Å²) in [6, 6.07) is 8.59. The van der Waals surface area contributed by atoms with E-state index in [1.165, 1.54) is 36.4 Å². The molecule has 0 spiro atoms. The van der Waals surface area contributed by atoms with Crippen molar-refractivity contribution in [1.29, 1.82) is 0 Å². The van der Waals surface area contributed by atoms with Crippen LogP contribution in [0, 0.1) is 17.0 Å². The predicted molar refractivity (Wildman–Crippen MR) is 190 cm³/mol. The van der Waals surface area contributed by atoms with Crippen molar-refractivity contribution in [1.82, 2.24) is 4.31 Å². The minimum absolute atomic E-state index is 0.00808. The maximum Gasteiger partial charge on any atom is 0.387 e. The molecule has 2 aliphatic rings. The van der Waals surface area contributed by atoms with Gasteiger partial charge in [-0.2, -0.15) is 17.8 Å². The first-order valence-electron chi connectivity index (χ1n) is 16.9. The first-order chi connectivity index (χ1) is 25.0. The third kappa shape index (κ3) is 12.4.